The number of aromatic nitrogens is 3. The van der Waals surface area contributed by atoms with E-state index in [4.69, 9.17) is 0 Å². The Hall–Kier alpha value is -2.17. The van der Waals surface area contributed by atoms with E-state index in [1.54, 1.807) is 6.20 Å². The summed E-state index contributed by atoms with van der Waals surface area (Å²) in [6.45, 7) is 4.53. The molecule has 2 aliphatic rings. The van der Waals surface area contributed by atoms with Gasteiger partial charge < -0.3 is 9.47 Å². The molecule has 3 heterocycles. The van der Waals surface area contributed by atoms with Crippen LogP contribution in [0.4, 0.5) is 0 Å². The second-order valence-corrected chi connectivity index (χ2v) is 6.35. The fourth-order valence-corrected chi connectivity index (χ4v) is 3.30. The summed E-state index contributed by atoms with van der Waals surface area (Å²) in [6.07, 6.45) is 7.45. The molecule has 0 saturated heterocycles. The van der Waals surface area contributed by atoms with Crippen LogP contribution in [-0.4, -0.2) is 38.4 Å². The Bertz CT molecular complexity index is 694. The molecule has 2 aromatic heterocycles. The first-order valence-corrected chi connectivity index (χ1v) is 7.97. The van der Waals surface area contributed by atoms with Crippen LogP contribution in [0, 0.1) is 11.8 Å². The van der Waals surface area contributed by atoms with E-state index in [9.17, 15) is 4.79 Å². The number of carbonyl (C=O) groups excluding carboxylic acids is 1. The van der Waals surface area contributed by atoms with Crippen LogP contribution < -0.4 is 0 Å². The summed E-state index contributed by atoms with van der Waals surface area (Å²) in [4.78, 5) is 23.2. The summed E-state index contributed by atoms with van der Waals surface area (Å²) in [5.74, 6) is 2.24. The molecule has 22 heavy (non-hydrogen) atoms. The van der Waals surface area contributed by atoms with Crippen LogP contribution in [0.1, 0.15) is 19.2 Å². The summed E-state index contributed by atoms with van der Waals surface area (Å²) < 4.78 is 2.24. The lowest BCUT2D eigenvalue weighted by Gasteiger charge is -2.20. The average Bonchev–Trinajstić information content (AvgIpc) is 3.21. The van der Waals surface area contributed by atoms with Gasteiger partial charge in [-0.05, 0) is 24.5 Å². The molecule has 114 valence electrons. The van der Waals surface area contributed by atoms with E-state index in [-0.39, 0.29) is 5.92 Å². The fourth-order valence-electron chi connectivity index (χ4n) is 3.30. The van der Waals surface area contributed by atoms with Gasteiger partial charge in [-0.15, -0.1) is 0 Å². The third-order valence-corrected chi connectivity index (χ3v) is 4.83. The number of nitrogens with zero attached hydrogens (tertiary/aromatic N) is 4. The molecule has 0 aromatic carbocycles. The maximum absolute atomic E-state index is 12.4. The molecule has 2 aromatic rings. The van der Waals surface area contributed by atoms with Gasteiger partial charge in [0.2, 0.25) is 5.91 Å². The van der Waals surface area contributed by atoms with Crippen molar-refractivity contribution in [1.29, 1.82) is 0 Å². The summed E-state index contributed by atoms with van der Waals surface area (Å²) in [5.41, 5.74) is 2.18. The minimum atomic E-state index is 0.267. The number of imidazole rings is 1. The first-order chi connectivity index (χ1) is 10.7. The Kier molecular flexibility index (Phi) is 3.21. The van der Waals surface area contributed by atoms with Crippen molar-refractivity contribution in [2.75, 3.05) is 13.1 Å². The third-order valence-electron chi connectivity index (χ3n) is 4.83. The van der Waals surface area contributed by atoms with Crippen LogP contribution in [0.3, 0.4) is 0 Å². The lowest BCUT2D eigenvalue weighted by Crippen LogP contribution is -2.35. The van der Waals surface area contributed by atoms with E-state index in [0.29, 0.717) is 11.8 Å². The molecule has 0 radical (unpaired) electrons. The van der Waals surface area contributed by atoms with Crippen molar-refractivity contribution in [3.63, 3.8) is 0 Å². The maximum atomic E-state index is 12.4. The van der Waals surface area contributed by atoms with E-state index in [0.717, 1.165) is 49.6 Å². The molecule has 2 atom stereocenters. The molecular formula is C17H20N4O. The summed E-state index contributed by atoms with van der Waals surface area (Å²) in [6, 6.07) is 3.99. The Morgan fingerprint density at radius 1 is 1.27 bits per heavy atom. The summed E-state index contributed by atoms with van der Waals surface area (Å²) in [7, 11) is 0. The summed E-state index contributed by atoms with van der Waals surface area (Å²) >= 11 is 0. The highest BCUT2D eigenvalue weighted by Crippen LogP contribution is 2.39. The highest BCUT2D eigenvalue weighted by atomic mass is 16.2. The predicted octanol–water partition coefficient (Wildman–Crippen LogP) is 1.99. The van der Waals surface area contributed by atoms with Gasteiger partial charge in [-0.2, -0.15) is 0 Å². The SMILES string of the molecule is CC1CC1C(=O)N1CCc2ncc(-c3cccnc3)n2CC1. The minimum Gasteiger partial charge on any atom is -0.340 e. The van der Waals surface area contributed by atoms with Gasteiger partial charge in [0.25, 0.3) is 0 Å². The molecule has 5 nitrogen and oxygen atoms in total. The third kappa shape index (κ3) is 2.30. The van der Waals surface area contributed by atoms with E-state index in [2.05, 4.69) is 27.5 Å². The van der Waals surface area contributed by atoms with E-state index >= 15 is 0 Å². The molecule has 0 spiro atoms. The monoisotopic (exact) mass is 296 g/mol. The number of pyridine rings is 1. The molecule has 1 saturated carbocycles. The average molecular weight is 296 g/mol. The number of rotatable bonds is 2. The molecule has 2 unspecified atom stereocenters. The van der Waals surface area contributed by atoms with Crippen molar-refractivity contribution in [3.05, 3.63) is 36.5 Å². The van der Waals surface area contributed by atoms with Crippen LogP contribution in [0.15, 0.2) is 30.7 Å². The van der Waals surface area contributed by atoms with Gasteiger partial charge in [-0.1, -0.05) is 6.92 Å². The highest BCUT2D eigenvalue weighted by molar-refractivity contribution is 5.81. The maximum Gasteiger partial charge on any atom is 0.226 e. The molecule has 4 rings (SSSR count). The zero-order valence-electron chi connectivity index (χ0n) is 12.8. The second-order valence-electron chi connectivity index (χ2n) is 6.35. The lowest BCUT2D eigenvalue weighted by atomic mass is 10.2. The van der Waals surface area contributed by atoms with Crippen molar-refractivity contribution in [1.82, 2.24) is 19.4 Å². The first-order valence-electron chi connectivity index (χ1n) is 7.97. The molecule has 1 aliphatic heterocycles. The topological polar surface area (TPSA) is 51.0 Å². The van der Waals surface area contributed by atoms with Crippen LogP contribution in [0.5, 0.6) is 0 Å². The van der Waals surface area contributed by atoms with Crippen LogP contribution in [-0.2, 0) is 17.8 Å². The molecule has 1 fully saturated rings. The minimum absolute atomic E-state index is 0.267. The number of hydrogen-bond acceptors (Lipinski definition) is 3. The Morgan fingerprint density at radius 2 is 2.14 bits per heavy atom. The number of fused-ring (bicyclic) bond motifs is 1. The standard InChI is InChI=1S/C17H20N4O/c1-12-9-14(12)17(22)20-6-4-16-19-11-15(21(16)8-7-20)13-3-2-5-18-10-13/h2-3,5,10-12,14H,4,6-9H2,1H3. The van der Waals surface area contributed by atoms with Gasteiger partial charge in [0.05, 0.1) is 11.9 Å². The normalized spacial score (nSPS) is 23.8. The van der Waals surface area contributed by atoms with Crippen molar-refractivity contribution in [2.24, 2.45) is 11.8 Å². The van der Waals surface area contributed by atoms with Gasteiger partial charge in [0.15, 0.2) is 0 Å². The second kappa shape index (κ2) is 5.23. The van der Waals surface area contributed by atoms with E-state index in [1.807, 2.05) is 23.4 Å². The zero-order valence-corrected chi connectivity index (χ0v) is 12.8. The van der Waals surface area contributed by atoms with Crippen LogP contribution in [0.25, 0.3) is 11.3 Å². The fraction of sp³-hybridized carbons (Fsp3) is 0.471. The molecule has 5 heteroatoms. The van der Waals surface area contributed by atoms with Gasteiger partial charge in [0.1, 0.15) is 5.82 Å². The highest BCUT2D eigenvalue weighted by Gasteiger charge is 2.41. The van der Waals surface area contributed by atoms with Gasteiger partial charge >= 0.3 is 0 Å². The van der Waals surface area contributed by atoms with Crippen LogP contribution >= 0.6 is 0 Å². The van der Waals surface area contributed by atoms with Crippen molar-refractivity contribution in [2.45, 2.75) is 26.3 Å². The van der Waals surface area contributed by atoms with Crippen molar-refractivity contribution >= 4 is 5.91 Å². The first kappa shape index (κ1) is 13.5. The Morgan fingerprint density at radius 3 is 2.86 bits per heavy atom. The molecule has 1 aliphatic carbocycles. The van der Waals surface area contributed by atoms with Crippen molar-refractivity contribution in [3.8, 4) is 11.3 Å². The molecule has 1 amide bonds. The van der Waals surface area contributed by atoms with Gasteiger partial charge in [-0.25, -0.2) is 4.98 Å². The van der Waals surface area contributed by atoms with E-state index < -0.39 is 0 Å². The lowest BCUT2D eigenvalue weighted by molar-refractivity contribution is -0.132. The molecule has 0 bridgehead atoms. The zero-order chi connectivity index (χ0) is 15.1. The number of hydrogen-bond donors (Lipinski definition) is 0. The predicted molar refractivity (Wildman–Crippen MR) is 83.0 cm³/mol. The molecular weight excluding hydrogens is 276 g/mol. The Labute approximate surface area is 130 Å². The number of amides is 1. The Balaban J connectivity index is 1.55. The smallest absolute Gasteiger partial charge is 0.226 e. The van der Waals surface area contributed by atoms with Crippen LogP contribution in [0.2, 0.25) is 0 Å². The molecule has 0 N–H and O–H groups in total. The van der Waals surface area contributed by atoms with Gasteiger partial charge in [-0.3, -0.25) is 9.78 Å². The van der Waals surface area contributed by atoms with Gasteiger partial charge in [0, 0.05) is 49.9 Å². The van der Waals surface area contributed by atoms with E-state index in [1.165, 1.54) is 0 Å². The largest absolute Gasteiger partial charge is 0.340 e. The van der Waals surface area contributed by atoms with Crippen molar-refractivity contribution < 1.29 is 4.79 Å². The quantitative estimate of drug-likeness (QED) is 0.851. The summed E-state index contributed by atoms with van der Waals surface area (Å²) in [5, 5.41) is 0. The number of carbonyl (C=O) groups is 1.